The number of Topliss-reactive ketones (excluding diaryl/α,β-unsaturated/α-hetero) is 1. The highest BCUT2D eigenvalue weighted by Gasteiger charge is 2.07. The number of alkyl halides is 2. The highest BCUT2D eigenvalue weighted by Crippen LogP contribution is 2.19. The Labute approximate surface area is 93.0 Å². The number of hydrogen-bond donors (Lipinski definition) is 1. The number of anilines is 1. The summed E-state index contributed by atoms with van der Waals surface area (Å²) < 4.78 is 0. The summed E-state index contributed by atoms with van der Waals surface area (Å²) in [6.45, 7) is 0. The third-order valence-electron chi connectivity index (χ3n) is 1.97. The predicted molar refractivity (Wildman–Crippen MR) is 59.8 cm³/mol. The Morgan fingerprint density at radius 1 is 1.29 bits per heavy atom. The number of nitrogen functional groups attached to an aromatic ring is 1. The van der Waals surface area contributed by atoms with Gasteiger partial charge in [-0.05, 0) is 11.1 Å². The van der Waals surface area contributed by atoms with Crippen LogP contribution in [0, 0.1) is 0 Å². The summed E-state index contributed by atoms with van der Waals surface area (Å²) in [4.78, 5) is 11.1. The molecule has 1 aromatic rings. The van der Waals surface area contributed by atoms with Gasteiger partial charge in [-0.2, -0.15) is 0 Å². The molecule has 0 saturated carbocycles. The van der Waals surface area contributed by atoms with Crippen molar-refractivity contribution in [2.24, 2.45) is 0 Å². The quantitative estimate of drug-likeness (QED) is 0.639. The second-order valence-corrected chi connectivity index (χ2v) is 3.51. The fourth-order valence-electron chi connectivity index (χ4n) is 1.20. The van der Waals surface area contributed by atoms with Gasteiger partial charge >= 0.3 is 0 Å². The molecule has 14 heavy (non-hydrogen) atoms. The minimum atomic E-state index is -0.0370. The number of hydrogen-bond acceptors (Lipinski definition) is 2. The lowest BCUT2D eigenvalue weighted by Crippen LogP contribution is -2.07. The third kappa shape index (κ3) is 2.63. The molecule has 0 radical (unpaired) electrons. The number of nitrogens with two attached hydrogens (primary N) is 1. The van der Waals surface area contributed by atoms with Crippen LogP contribution in [-0.2, 0) is 17.1 Å². The number of benzene rings is 1. The van der Waals surface area contributed by atoms with E-state index in [1.165, 1.54) is 0 Å². The lowest BCUT2D eigenvalue weighted by molar-refractivity contribution is -0.116. The Morgan fingerprint density at radius 3 is 2.50 bits per heavy atom. The summed E-state index contributed by atoms with van der Waals surface area (Å²) in [5.74, 6) is 0.337. The minimum Gasteiger partial charge on any atom is -0.398 e. The van der Waals surface area contributed by atoms with Gasteiger partial charge in [0.05, 0.1) is 5.88 Å². The van der Waals surface area contributed by atoms with Gasteiger partial charge in [0.25, 0.3) is 0 Å². The van der Waals surface area contributed by atoms with Crippen LogP contribution < -0.4 is 5.73 Å². The van der Waals surface area contributed by atoms with Crippen LogP contribution >= 0.6 is 23.2 Å². The molecule has 0 unspecified atom stereocenters. The Morgan fingerprint density at radius 2 is 1.93 bits per heavy atom. The molecule has 0 heterocycles. The number of halogens is 2. The van der Waals surface area contributed by atoms with E-state index in [0.29, 0.717) is 11.6 Å². The summed E-state index contributed by atoms with van der Waals surface area (Å²) in [7, 11) is 0. The SMILES string of the molecule is Nc1c(CCl)cccc1CC(=O)CCl. The molecule has 1 rings (SSSR count). The lowest BCUT2D eigenvalue weighted by Gasteiger charge is -2.07. The van der Waals surface area contributed by atoms with E-state index < -0.39 is 0 Å². The van der Waals surface area contributed by atoms with Crippen LogP contribution in [-0.4, -0.2) is 11.7 Å². The van der Waals surface area contributed by atoms with Gasteiger partial charge in [0.15, 0.2) is 5.78 Å². The molecule has 0 aliphatic carbocycles. The third-order valence-corrected chi connectivity index (χ3v) is 2.55. The average Bonchev–Trinajstić information content (AvgIpc) is 2.21. The Balaban J connectivity index is 2.92. The van der Waals surface area contributed by atoms with Crippen LogP contribution in [0.3, 0.4) is 0 Å². The molecule has 0 bridgehead atoms. The van der Waals surface area contributed by atoms with Crippen molar-refractivity contribution < 1.29 is 4.79 Å². The first kappa shape index (κ1) is 11.3. The Bertz CT molecular complexity index is 339. The molecule has 1 aromatic carbocycles. The van der Waals surface area contributed by atoms with Crippen LogP contribution in [0.25, 0.3) is 0 Å². The maximum Gasteiger partial charge on any atom is 0.152 e. The van der Waals surface area contributed by atoms with Crippen molar-refractivity contribution in [3.05, 3.63) is 29.3 Å². The predicted octanol–water partition coefficient (Wildman–Crippen LogP) is 2.36. The fraction of sp³-hybridized carbons (Fsp3) is 0.300. The van der Waals surface area contributed by atoms with Crippen LogP contribution in [0.4, 0.5) is 5.69 Å². The van der Waals surface area contributed by atoms with Gasteiger partial charge in [-0.15, -0.1) is 23.2 Å². The van der Waals surface area contributed by atoms with Gasteiger partial charge in [-0.25, -0.2) is 0 Å². The van der Waals surface area contributed by atoms with E-state index >= 15 is 0 Å². The molecule has 2 N–H and O–H groups in total. The van der Waals surface area contributed by atoms with Crippen molar-refractivity contribution in [2.75, 3.05) is 11.6 Å². The van der Waals surface area contributed by atoms with E-state index in [-0.39, 0.29) is 18.1 Å². The number of carbonyl (C=O) groups is 1. The second kappa shape index (κ2) is 5.23. The molecule has 76 valence electrons. The Hall–Kier alpha value is -0.730. The molecule has 0 fully saturated rings. The largest absolute Gasteiger partial charge is 0.398 e. The average molecular weight is 232 g/mol. The molecule has 4 heteroatoms. The topological polar surface area (TPSA) is 43.1 Å². The molecule has 0 amide bonds. The summed E-state index contributed by atoms with van der Waals surface area (Å²) in [6, 6.07) is 5.50. The summed E-state index contributed by atoms with van der Waals surface area (Å²) in [6.07, 6.45) is 0.278. The van der Waals surface area contributed by atoms with Crippen molar-refractivity contribution in [1.29, 1.82) is 0 Å². The summed E-state index contributed by atoms with van der Waals surface area (Å²) in [5, 5.41) is 0. The van der Waals surface area contributed by atoms with Gasteiger partial charge in [-0.3, -0.25) is 4.79 Å². The van der Waals surface area contributed by atoms with Crippen LogP contribution in [0.2, 0.25) is 0 Å². The molecule has 0 aliphatic heterocycles. The van der Waals surface area contributed by atoms with E-state index in [0.717, 1.165) is 11.1 Å². The normalized spacial score (nSPS) is 10.1. The first-order chi connectivity index (χ1) is 6.69. The zero-order chi connectivity index (χ0) is 10.6. The van der Waals surface area contributed by atoms with E-state index in [4.69, 9.17) is 28.9 Å². The number of ketones is 1. The smallest absolute Gasteiger partial charge is 0.152 e. The van der Waals surface area contributed by atoms with Crippen LogP contribution in [0.5, 0.6) is 0 Å². The number of rotatable bonds is 4. The molecular weight excluding hydrogens is 221 g/mol. The van der Waals surface area contributed by atoms with Gasteiger partial charge in [0.1, 0.15) is 0 Å². The van der Waals surface area contributed by atoms with E-state index in [9.17, 15) is 4.79 Å². The molecule has 0 aromatic heterocycles. The zero-order valence-electron chi connectivity index (χ0n) is 7.59. The van der Waals surface area contributed by atoms with E-state index in [1.54, 1.807) is 0 Å². The zero-order valence-corrected chi connectivity index (χ0v) is 9.11. The number of para-hydroxylation sites is 1. The van der Waals surface area contributed by atoms with Crippen molar-refractivity contribution in [2.45, 2.75) is 12.3 Å². The summed E-state index contributed by atoms with van der Waals surface area (Å²) >= 11 is 11.1. The monoisotopic (exact) mass is 231 g/mol. The molecule has 0 aliphatic rings. The van der Waals surface area contributed by atoms with Crippen molar-refractivity contribution >= 4 is 34.7 Å². The number of carbonyl (C=O) groups excluding carboxylic acids is 1. The van der Waals surface area contributed by atoms with Gasteiger partial charge in [0.2, 0.25) is 0 Å². The maximum absolute atomic E-state index is 11.1. The molecule has 0 saturated heterocycles. The van der Waals surface area contributed by atoms with Crippen molar-refractivity contribution in [1.82, 2.24) is 0 Å². The molecule has 0 atom stereocenters. The van der Waals surface area contributed by atoms with Gasteiger partial charge in [0, 0.05) is 18.0 Å². The minimum absolute atomic E-state index is 0.0184. The standard InChI is InChI=1S/C10H11Cl2NO/c11-5-8-3-1-2-7(10(8)13)4-9(14)6-12/h1-3H,4-6,13H2. The second-order valence-electron chi connectivity index (χ2n) is 2.97. The highest BCUT2D eigenvalue weighted by molar-refractivity contribution is 6.27. The fourth-order valence-corrected chi connectivity index (χ4v) is 1.52. The highest BCUT2D eigenvalue weighted by atomic mass is 35.5. The van der Waals surface area contributed by atoms with E-state index in [2.05, 4.69) is 0 Å². The summed E-state index contributed by atoms with van der Waals surface area (Å²) in [5.41, 5.74) is 8.07. The molecule has 0 spiro atoms. The molecule has 2 nitrogen and oxygen atoms in total. The van der Waals surface area contributed by atoms with E-state index in [1.807, 2.05) is 18.2 Å². The van der Waals surface area contributed by atoms with Crippen LogP contribution in [0.15, 0.2) is 18.2 Å². The Kier molecular flexibility index (Phi) is 4.23. The first-order valence-corrected chi connectivity index (χ1v) is 5.25. The van der Waals surface area contributed by atoms with Gasteiger partial charge in [-0.1, -0.05) is 18.2 Å². The maximum atomic E-state index is 11.1. The van der Waals surface area contributed by atoms with Gasteiger partial charge < -0.3 is 5.73 Å². The van der Waals surface area contributed by atoms with Crippen LogP contribution in [0.1, 0.15) is 11.1 Å². The van der Waals surface area contributed by atoms with Crippen molar-refractivity contribution in [3.63, 3.8) is 0 Å². The first-order valence-electron chi connectivity index (χ1n) is 4.19. The molecular formula is C10H11Cl2NO. The van der Waals surface area contributed by atoms with Crippen molar-refractivity contribution in [3.8, 4) is 0 Å². The lowest BCUT2D eigenvalue weighted by atomic mass is 10.0.